The summed E-state index contributed by atoms with van der Waals surface area (Å²) < 4.78 is 26.5. The van der Waals surface area contributed by atoms with E-state index in [1.807, 2.05) is 20.8 Å². The second-order valence-corrected chi connectivity index (χ2v) is 7.80. The van der Waals surface area contributed by atoms with Crippen molar-refractivity contribution in [2.45, 2.75) is 33.6 Å². The summed E-state index contributed by atoms with van der Waals surface area (Å²) in [4.78, 5) is 10.8. The molecule has 1 rings (SSSR count). The number of carboxylic acid groups (broad SMARTS) is 1. The van der Waals surface area contributed by atoms with Crippen molar-refractivity contribution in [2.24, 2.45) is 5.41 Å². The number of nitrogens with one attached hydrogen (secondary N) is 1. The minimum Gasteiger partial charge on any atom is -0.481 e. The van der Waals surface area contributed by atoms with Crippen LogP contribution in [0.5, 0.6) is 0 Å². The molecule has 1 aromatic rings. The third kappa shape index (κ3) is 6.06. The molecule has 0 unspecified atom stereocenters. The van der Waals surface area contributed by atoms with Crippen LogP contribution in [-0.2, 0) is 21.2 Å². The number of benzene rings is 1. The lowest BCUT2D eigenvalue weighted by Crippen LogP contribution is -2.21. The third-order valence-corrected chi connectivity index (χ3v) is 4.02. The normalized spacial score (nSPS) is 12.2. The van der Waals surface area contributed by atoms with E-state index in [1.54, 1.807) is 24.3 Å². The molecule has 20 heavy (non-hydrogen) atoms. The Morgan fingerprint density at radius 2 is 1.85 bits per heavy atom. The number of para-hydroxylation sites is 1. The van der Waals surface area contributed by atoms with E-state index in [1.165, 1.54) is 0 Å². The zero-order valence-electron chi connectivity index (χ0n) is 12.0. The standard InChI is InChI=1S/C14H21NO4S/c1-14(2,3)8-9-20(18,19)15-12-7-5-4-6-11(12)10-13(16)17/h4-7,15H,8-10H2,1-3H3,(H,16,17). The second-order valence-electron chi connectivity index (χ2n) is 5.96. The Bertz CT molecular complexity index is 573. The van der Waals surface area contributed by atoms with Crippen molar-refractivity contribution in [1.82, 2.24) is 0 Å². The smallest absolute Gasteiger partial charge is 0.307 e. The quantitative estimate of drug-likeness (QED) is 0.845. The summed E-state index contributed by atoms with van der Waals surface area (Å²) in [6, 6.07) is 6.54. The van der Waals surface area contributed by atoms with E-state index in [-0.39, 0.29) is 17.6 Å². The van der Waals surface area contributed by atoms with Crippen molar-refractivity contribution >= 4 is 21.7 Å². The van der Waals surface area contributed by atoms with Gasteiger partial charge in [0, 0.05) is 0 Å². The lowest BCUT2D eigenvalue weighted by Gasteiger charge is -2.18. The van der Waals surface area contributed by atoms with Crippen LogP contribution in [0.1, 0.15) is 32.8 Å². The molecule has 2 N–H and O–H groups in total. The van der Waals surface area contributed by atoms with Crippen LogP contribution in [0.15, 0.2) is 24.3 Å². The molecular weight excluding hydrogens is 278 g/mol. The number of carbonyl (C=O) groups is 1. The van der Waals surface area contributed by atoms with Crippen molar-refractivity contribution in [3.8, 4) is 0 Å². The molecule has 0 saturated carbocycles. The van der Waals surface area contributed by atoms with Crippen LogP contribution in [-0.4, -0.2) is 25.2 Å². The highest BCUT2D eigenvalue weighted by molar-refractivity contribution is 7.92. The van der Waals surface area contributed by atoms with E-state index in [0.29, 0.717) is 17.7 Å². The van der Waals surface area contributed by atoms with Crippen LogP contribution >= 0.6 is 0 Å². The van der Waals surface area contributed by atoms with E-state index >= 15 is 0 Å². The van der Waals surface area contributed by atoms with E-state index in [0.717, 1.165) is 0 Å². The fourth-order valence-corrected chi connectivity index (χ4v) is 3.11. The zero-order chi connectivity index (χ0) is 15.4. The van der Waals surface area contributed by atoms with Crippen LogP contribution < -0.4 is 4.72 Å². The Kier molecular flexibility index (Phi) is 5.16. The fraction of sp³-hybridized carbons (Fsp3) is 0.500. The number of carboxylic acids is 1. The molecule has 0 aliphatic rings. The van der Waals surface area contributed by atoms with Crippen molar-refractivity contribution in [3.05, 3.63) is 29.8 Å². The second kappa shape index (κ2) is 6.26. The SMILES string of the molecule is CC(C)(C)CCS(=O)(=O)Nc1ccccc1CC(=O)O. The number of rotatable bonds is 6. The average Bonchev–Trinajstić information content (AvgIpc) is 2.28. The van der Waals surface area contributed by atoms with Gasteiger partial charge in [-0.3, -0.25) is 9.52 Å². The van der Waals surface area contributed by atoms with Crippen LogP contribution in [0.25, 0.3) is 0 Å². The molecule has 0 amide bonds. The molecule has 0 bridgehead atoms. The van der Waals surface area contributed by atoms with Crippen LogP contribution in [0.2, 0.25) is 0 Å². The summed E-state index contributed by atoms with van der Waals surface area (Å²) in [5, 5.41) is 8.82. The zero-order valence-corrected chi connectivity index (χ0v) is 12.8. The van der Waals surface area contributed by atoms with Crippen LogP contribution in [0.4, 0.5) is 5.69 Å². The van der Waals surface area contributed by atoms with Gasteiger partial charge < -0.3 is 5.11 Å². The molecule has 1 aromatic carbocycles. The molecule has 0 heterocycles. The van der Waals surface area contributed by atoms with Gasteiger partial charge in [0.15, 0.2) is 0 Å². The number of hydrogen-bond donors (Lipinski definition) is 2. The lowest BCUT2D eigenvalue weighted by atomic mass is 9.94. The molecule has 0 atom stereocenters. The molecule has 0 saturated heterocycles. The maximum atomic E-state index is 12.0. The van der Waals surface area contributed by atoms with Gasteiger partial charge in [0.1, 0.15) is 0 Å². The van der Waals surface area contributed by atoms with Gasteiger partial charge in [-0.25, -0.2) is 8.42 Å². The fourth-order valence-electron chi connectivity index (χ4n) is 1.60. The summed E-state index contributed by atoms with van der Waals surface area (Å²) in [6.45, 7) is 5.92. The van der Waals surface area contributed by atoms with Gasteiger partial charge in [-0.2, -0.15) is 0 Å². The van der Waals surface area contributed by atoms with Gasteiger partial charge in [0.2, 0.25) is 10.0 Å². The van der Waals surface area contributed by atoms with E-state index in [9.17, 15) is 13.2 Å². The third-order valence-electron chi connectivity index (χ3n) is 2.75. The van der Waals surface area contributed by atoms with Gasteiger partial charge in [-0.05, 0) is 23.5 Å². The molecule has 112 valence electrons. The molecule has 0 fully saturated rings. The van der Waals surface area contributed by atoms with Gasteiger partial charge in [0.05, 0.1) is 17.9 Å². The first-order chi connectivity index (χ1) is 9.09. The topological polar surface area (TPSA) is 83.5 Å². The predicted octanol–water partition coefficient (Wildman–Crippen LogP) is 2.49. The minimum atomic E-state index is -3.47. The monoisotopic (exact) mass is 299 g/mol. The minimum absolute atomic E-state index is 0.0118. The largest absolute Gasteiger partial charge is 0.481 e. The van der Waals surface area contributed by atoms with Gasteiger partial charge in [0.25, 0.3) is 0 Å². The number of hydrogen-bond acceptors (Lipinski definition) is 3. The van der Waals surface area contributed by atoms with Crippen molar-refractivity contribution in [3.63, 3.8) is 0 Å². The molecular formula is C14H21NO4S. The summed E-state index contributed by atoms with van der Waals surface area (Å²) in [5.41, 5.74) is 0.721. The first-order valence-corrected chi connectivity index (χ1v) is 8.04. The Morgan fingerprint density at radius 3 is 2.40 bits per heavy atom. The molecule has 0 radical (unpaired) electrons. The van der Waals surface area contributed by atoms with E-state index in [4.69, 9.17) is 5.11 Å². The van der Waals surface area contributed by atoms with Crippen molar-refractivity contribution in [1.29, 1.82) is 0 Å². The Balaban J connectivity index is 2.84. The highest BCUT2D eigenvalue weighted by Gasteiger charge is 2.18. The summed E-state index contributed by atoms with van der Waals surface area (Å²) in [5.74, 6) is -0.982. The number of sulfonamides is 1. The van der Waals surface area contributed by atoms with Crippen LogP contribution in [0, 0.1) is 5.41 Å². The van der Waals surface area contributed by atoms with Gasteiger partial charge >= 0.3 is 5.97 Å². The molecule has 5 nitrogen and oxygen atoms in total. The molecule has 0 aliphatic heterocycles. The average molecular weight is 299 g/mol. The summed E-state index contributed by atoms with van der Waals surface area (Å²) >= 11 is 0. The molecule has 0 spiro atoms. The molecule has 6 heteroatoms. The van der Waals surface area contributed by atoms with Gasteiger partial charge in [-0.1, -0.05) is 39.0 Å². The summed E-state index contributed by atoms with van der Waals surface area (Å²) in [6.07, 6.45) is 0.321. The molecule has 0 aliphatic carbocycles. The van der Waals surface area contributed by atoms with Gasteiger partial charge in [-0.15, -0.1) is 0 Å². The predicted molar refractivity (Wildman–Crippen MR) is 79.3 cm³/mol. The van der Waals surface area contributed by atoms with Crippen LogP contribution in [0.3, 0.4) is 0 Å². The summed E-state index contributed by atoms with van der Waals surface area (Å²) in [7, 11) is -3.47. The highest BCUT2D eigenvalue weighted by atomic mass is 32.2. The Morgan fingerprint density at radius 1 is 1.25 bits per heavy atom. The van der Waals surface area contributed by atoms with E-state index < -0.39 is 16.0 Å². The maximum absolute atomic E-state index is 12.0. The Hall–Kier alpha value is -1.56. The van der Waals surface area contributed by atoms with E-state index in [2.05, 4.69) is 4.72 Å². The first-order valence-electron chi connectivity index (χ1n) is 6.39. The van der Waals surface area contributed by atoms with Crippen molar-refractivity contribution < 1.29 is 18.3 Å². The molecule has 0 aromatic heterocycles. The van der Waals surface area contributed by atoms with Crippen molar-refractivity contribution in [2.75, 3.05) is 10.5 Å². The number of anilines is 1. The first kappa shape index (κ1) is 16.5. The number of aliphatic carboxylic acids is 1. The lowest BCUT2D eigenvalue weighted by molar-refractivity contribution is -0.136. The maximum Gasteiger partial charge on any atom is 0.307 e. The Labute approximate surface area is 120 Å². The highest BCUT2D eigenvalue weighted by Crippen LogP contribution is 2.22.